The third-order valence-electron chi connectivity index (χ3n) is 3.91. The Balaban J connectivity index is 2.23. The molecule has 0 radical (unpaired) electrons. The van der Waals surface area contributed by atoms with E-state index in [1.54, 1.807) is 0 Å². The van der Waals surface area contributed by atoms with Gasteiger partial charge < -0.3 is 10.8 Å². The molecule has 1 saturated carbocycles. The number of hydrogen-bond acceptors (Lipinski definition) is 2. The van der Waals surface area contributed by atoms with Crippen molar-refractivity contribution in [2.24, 2.45) is 11.7 Å². The molecule has 1 aliphatic carbocycles. The number of benzene rings is 1. The zero-order valence-electron chi connectivity index (χ0n) is 10.6. The fraction of sp³-hybridized carbons (Fsp3) is 0.571. The summed E-state index contributed by atoms with van der Waals surface area (Å²) in [7, 11) is 0. The van der Waals surface area contributed by atoms with Crippen LogP contribution in [0.2, 0.25) is 0 Å². The monoisotopic (exact) mass is 333 g/mol. The first-order valence-electron chi connectivity index (χ1n) is 6.59. The van der Waals surface area contributed by atoms with Gasteiger partial charge in [-0.25, -0.2) is 8.78 Å². The van der Waals surface area contributed by atoms with Crippen LogP contribution in [-0.4, -0.2) is 11.2 Å². The lowest BCUT2D eigenvalue weighted by Gasteiger charge is -2.31. The van der Waals surface area contributed by atoms with Crippen molar-refractivity contribution in [3.63, 3.8) is 0 Å². The summed E-state index contributed by atoms with van der Waals surface area (Å²) in [5, 5.41) is 10.3. The zero-order valence-corrected chi connectivity index (χ0v) is 12.2. The zero-order chi connectivity index (χ0) is 14.0. The Hall–Kier alpha value is -0.520. The van der Waals surface area contributed by atoms with Gasteiger partial charge in [-0.05, 0) is 46.8 Å². The number of hydrogen-bond donors (Lipinski definition) is 2. The van der Waals surface area contributed by atoms with Crippen LogP contribution in [0.1, 0.15) is 43.7 Å². The molecular weight excluding hydrogens is 316 g/mol. The SMILES string of the molecule is N[C@@H](c1c(F)ccc(Br)c1F)[C@H](O)C1CCCCC1. The van der Waals surface area contributed by atoms with Crippen LogP contribution in [-0.2, 0) is 0 Å². The van der Waals surface area contributed by atoms with E-state index in [-0.39, 0.29) is 16.0 Å². The van der Waals surface area contributed by atoms with Crippen LogP contribution < -0.4 is 5.73 Å². The quantitative estimate of drug-likeness (QED) is 0.829. The molecule has 19 heavy (non-hydrogen) atoms. The van der Waals surface area contributed by atoms with E-state index in [1.807, 2.05) is 0 Å². The standard InChI is InChI=1S/C14H18BrF2NO/c15-9-6-7-10(16)11(12(9)17)13(18)14(19)8-4-2-1-3-5-8/h6-8,13-14,19H,1-5,18H2/t13-,14+/m0/s1. The Morgan fingerprint density at radius 3 is 2.47 bits per heavy atom. The highest BCUT2D eigenvalue weighted by Gasteiger charge is 2.31. The van der Waals surface area contributed by atoms with Crippen molar-refractivity contribution in [1.82, 2.24) is 0 Å². The van der Waals surface area contributed by atoms with Crippen molar-refractivity contribution in [2.75, 3.05) is 0 Å². The van der Waals surface area contributed by atoms with E-state index in [1.165, 1.54) is 6.07 Å². The van der Waals surface area contributed by atoms with Gasteiger partial charge >= 0.3 is 0 Å². The molecule has 0 unspecified atom stereocenters. The first-order chi connectivity index (χ1) is 9.02. The minimum atomic E-state index is -1.03. The van der Waals surface area contributed by atoms with E-state index in [4.69, 9.17) is 5.73 Å². The van der Waals surface area contributed by atoms with Gasteiger partial charge in [0.2, 0.25) is 0 Å². The summed E-state index contributed by atoms with van der Waals surface area (Å²) in [4.78, 5) is 0. The molecule has 1 aromatic rings. The largest absolute Gasteiger partial charge is 0.391 e. The van der Waals surface area contributed by atoms with E-state index >= 15 is 0 Å². The number of halogens is 3. The Morgan fingerprint density at radius 2 is 1.84 bits per heavy atom. The second-order valence-electron chi connectivity index (χ2n) is 5.17. The van der Waals surface area contributed by atoms with Crippen LogP contribution >= 0.6 is 15.9 Å². The van der Waals surface area contributed by atoms with Gasteiger partial charge in [0.25, 0.3) is 0 Å². The van der Waals surface area contributed by atoms with Gasteiger partial charge in [0.05, 0.1) is 16.6 Å². The molecule has 1 aromatic carbocycles. The first kappa shape index (κ1) is 14.9. The Bertz CT molecular complexity index is 449. The first-order valence-corrected chi connectivity index (χ1v) is 7.38. The second-order valence-corrected chi connectivity index (χ2v) is 6.03. The van der Waals surface area contributed by atoms with E-state index in [0.29, 0.717) is 0 Å². The van der Waals surface area contributed by atoms with Crippen molar-refractivity contribution < 1.29 is 13.9 Å². The van der Waals surface area contributed by atoms with Crippen molar-refractivity contribution in [3.8, 4) is 0 Å². The van der Waals surface area contributed by atoms with Gasteiger partial charge in [0, 0.05) is 5.56 Å². The van der Waals surface area contributed by atoms with E-state index in [2.05, 4.69) is 15.9 Å². The topological polar surface area (TPSA) is 46.2 Å². The van der Waals surface area contributed by atoms with Gasteiger partial charge in [-0.15, -0.1) is 0 Å². The fourth-order valence-electron chi connectivity index (χ4n) is 2.79. The summed E-state index contributed by atoms with van der Waals surface area (Å²) in [6.45, 7) is 0. The number of nitrogens with two attached hydrogens (primary N) is 1. The van der Waals surface area contributed by atoms with Gasteiger partial charge in [-0.1, -0.05) is 19.3 Å². The summed E-state index contributed by atoms with van der Waals surface area (Å²) < 4.78 is 27.9. The van der Waals surface area contributed by atoms with Crippen LogP contribution in [0.25, 0.3) is 0 Å². The highest BCUT2D eigenvalue weighted by Crippen LogP contribution is 2.34. The summed E-state index contributed by atoms with van der Waals surface area (Å²) in [5.74, 6) is -1.40. The molecule has 1 aliphatic rings. The molecular formula is C14H18BrF2NO. The average molecular weight is 334 g/mol. The predicted molar refractivity (Wildman–Crippen MR) is 73.6 cm³/mol. The van der Waals surface area contributed by atoms with E-state index < -0.39 is 23.8 Å². The van der Waals surface area contributed by atoms with Gasteiger partial charge in [0.15, 0.2) is 0 Å². The van der Waals surface area contributed by atoms with Gasteiger partial charge in [0.1, 0.15) is 11.6 Å². The van der Waals surface area contributed by atoms with Gasteiger partial charge in [-0.2, -0.15) is 0 Å². The fourth-order valence-corrected chi connectivity index (χ4v) is 3.13. The summed E-state index contributed by atoms with van der Waals surface area (Å²) >= 11 is 3.01. The summed E-state index contributed by atoms with van der Waals surface area (Å²) in [5.41, 5.74) is 5.66. The van der Waals surface area contributed by atoms with Crippen molar-refractivity contribution in [3.05, 3.63) is 33.8 Å². The Morgan fingerprint density at radius 1 is 1.21 bits per heavy atom. The molecule has 5 heteroatoms. The van der Waals surface area contributed by atoms with Crippen LogP contribution in [0, 0.1) is 17.6 Å². The molecule has 0 amide bonds. The average Bonchev–Trinajstić information content (AvgIpc) is 2.43. The van der Waals surface area contributed by atoms with Crippen LogP contribution in [0.3, 0.4) is 0 Å². The molecule has 3 N–H and O–H groups in total. The molecule has 0 bridgehead atoms. The maximum atomic E-state index is 14.0. The number of aliphatic hydroxyl groups is 1. The molecule has 0 aliphatic heterocycles. The van der Waals surface area contributed by atoms with Gasteiger partial charge in [-0.3, -0.25) is 0 Å². The third kappa shape index (κ3) is 3.15. The maximum absolute atomic E-state index is 14.0. The Labute approximate surface area is 120 Å². The maximum Gasteiger partial charge on any atom is 0.145 e. The molecule has 1 fully saturated rings. The summed E-state index contributed by atoms with van der Waals surface area (Å²) in [6.07, 6.45) is 4.06. The molecule has 2 nitrogen and oxygen atoms in total. The molecule has 0 heterocycles. The lowest BCUT2D eigenvalue weighted by molar-refractivity contribution is 0.0596. The minimum absolute atomic E-state index is 0.0292. The van der Waals surface area contributed by atoms with E-state index in [0.717, 1.165) is 38.2 Å². The molecule has 0 aromatic heterocycles. The lowest BCUT2D eigenvalue weighted by Crippen LogP contribution is -2.35. The van der Waals surface area contributed by atoms with Crippen LogP contribution in [0.4, 0.5) is 8.78 Å². The van der Waals surface area contributed by atoms with Crippen molar-refractivity contribution in [2.45, 2.75) is 44.2 Å². The highest BCUT2D eigenvalue weighted by molar-refractivity contribution is 9.10. The molecule has 0 spiro atoms. The molecule has 2 rings (SSSR count). The molecule has 106 valence electrons. The third-order valence-corrected chi connectivity index (χ3v) is 4.53. The molecule has 2 atom stereocenters. The molecule has 0 saturated heterocycles. The highest BCUT2D eigenvalue weighted by atomic mass is 79.9. The van der Waals surface area contributed by atoms with Crippen LogP contribution in [0.15, 0.2) is 16.6 Å². The van der Waals surface area contributed by atoms with Crippen molar-refractivity contribution in [1.29, 1.82) is 0 Å². The predicted octanol–water partition coefficient (Wildman–Crippen LogP) is 3.67. The lowest BCUT2D eigenvalue weighted by atomic mass is 9.81. The second kappa shape index (κ2) is 6.29. The Kier molecular flexibility index (Phi) is 4.92. The number of rotatable bonds is 3. The summed E-state index contributed by atoms with van der Waals surface area (Å²) in [6, 6.07) is 1.43. The number of aliphatic hydroxyl groups excluding tert-OH is 1. The van der Waals surface area contributed by atoms with E-state index in [9.17, 15) is 13.9 Å². The van der Waals surface area contributed by atoms with Crippen molar-refractivity contribution >= 4 is 15.9 Å². The minimum Gasteiger partial charge on any atom is -0.391 e. The normalized spacial score (nSPS) is 20.3. The smallest absolute Gasteiger partial charge is 0.145 e. The van der Waals surface area contributed by atoms with Crippen LogP contribution in [0.5, 0.6) is 0 Å².